The molecule has 50 valence electrons. The van der Waals surface area contributed by atoms with Crippen molar-refractivity contribution in [3.05, 3.63) is 11.9 Å². The topological polar surface area (TPSA) is 24.4 Å². The van der Waals surface area contributed by atoms with E-state index in [9.17, 15) is 0 Å². The van der Waals surface area contributed by atoms with Gasteiger partial charge in [-0.2, -0.15) is 0 Å². The fraction of sp³-hybridized carbons (Fsp3) is 0.500. The summed E-state index contributed by atoms with van der Waals surface area (Å²) in [7, 11) is 0. The zero-order chi connectivity index (χ0) is 6.69. The molecule has 2 nitrogen and oxygen atoms in total. The lowest BCUT2D eigenvalue weighted by Crippen LogP contribution is -2.24. The van der Waals surface area contributed by atoms with E-state index in [0.29, 0.717) is 5.37 Å². The molecule has 0 saturated carbocycles. The molecule has 0 amide bonds. The van der Waals surface area contributed by atoms with Crippen LogP contribution in [0.3, 0.4) is 0 Å². The second-order valence-corrected chi connectivity index (χ2v) is 2.87. The van der Waals surface area contributed by atoms with E-state index < -0.39 is 0 Å². The Morgan fingerprint density at radius 2 is 2.56 bits per heavy atom. The lowest BCUT2D eigenvalue weighted by molar-refractivity contribution is 0.928. The molecule has 1 heterocycles. The van der Waals surface area contributed by atoms with Crippen molar-refractivity contribution < 1.29 is 0 Å². The minimum Gasteiger partial charge on any atom is -0.373 e. The summed E-state index contributed by atoms with van der Waals surface area (Å²) in [6.07, 6.45) is 5.90. The van der Waals surface area contributed by atoms with Gasteiger partial charge in [-0.15, -0.1) is 11.8 Å². The molecule has 1 rings (SSSR count). The summed E-state index contributed by atoms with van der Waals surface area (Å²) in [6.45, 7) is 1.97. The first-order chi connectivity index (χ1) is 4.33. The molecule has 9 heavy (non-hydrogen) atoms. The first-order valence-corrected chi connectivity index (χ1v) is 4.11. The SMILES string of the molecule is CSC1C=NC(C)=CN1. The van der Waals surface area contributed by atoms with Gasteiger partial charge in [-0.1, -0.05) is 0 Å². The zero-order valence-corrected chi connectivity index (χ0v) is 6.40. The molecule has 0 aromatic carbocycles. The first-order valence-electron chi connectivity index (χ1n) is 2.83. The number of allylic oxidation sites excluding steroid dienone is 1. The van der Waals surface area contributed by atoms with E-state index in [4.69, 9.17) is 0 Å². The van der Waals surface area contributed by atoms with Crippen LogP contribution >= 0.6 is 11.8 Å². The molecule has 1 aliphatic heterocycles. The van der Waals surface area contributed by atoms with Gasteiger partial charge in [0, 0.05) is 12.4 Å². The Labute approximate surface area is 59.4 Å². The third-order valence-corrected chi connectivity index (χ3v) is 1.89. The van der Waals surface area contributed by atoms with Gasteiger partial charge in [0.25, 0.3) is 0 Å². The summed E-state index contributed by atoms with van der Waals surface area (Å²) in [5.41, 5.74) is 1.04. The Hall–Kier alpha value is -0.440. The molecule has 0 radical (unpaired) electrons. The van der Waals surface area contributed by atoms with Crippen molar-refractivity contribution in [2.45, 2.75) is 12.3 Å². The van der Waals surface area contributed by atoms with Gasteiger partial charge in [0.05, 0.1) is 5.70 Å². The predicted octanol–water partition coefficient (Wildman–Crippen LogP) is 1.21. The second-order valence-electron chi connectivity index (χ2n) is 1.89. The summed E-state index contributed by atoms with van der Waals surface area (Å²) in [5, 5.41) is 3.54. The van der Waals surface area contributed by atoms with Crippen LogP contribution in [-0.4, -0.2) is 17.8 Å². The Morgan fingerprint density at radius 3 is 3.00 bits per heavy atom. The van der Waals surface area contributed by atoms with E-state index >= 15 is 0 Å². The molecule has 0 aromatic rings. The maximum atomic E-state index is 4.13. The number of thioether (sulfide) groups is 1. The quantitative estimate of drug-likeness (QED) is 0.595. The maximum absolute atomic E-state index is 4.13. The average molecular weight is 142 g/mol. The smallest absolute Gasteiger partial charge is 0.108 e. The summed E-state index contributed by atoms with van der Waals surface area (Å²) in [5.74, 6) is 0. The van der Waals surface area contributed by atoms with Crippen LogP contribution in [0.15, 0.2) is 16.9 Å². The number of hydrogen-bond donors (Lipinski definition) is 1. The molecule has 0 bridgehead atoms. The normalized spacial score (nSPS) is 25.1. The van der Waals surface area contributed by atoms with E-state index in [0.717, 1.165) is 5.70 Å². The zero-order valence-electron chi connectivity index (χ0n) is 5.59. The lowest BCUT2D eigenvalue weighted by Gasteiger charge is -2.12. The van der Waals surface area contributed by atoms with Gasteiger partial charge in [0.1, 0.15) is 5.37 Å². The largest absolute Gasteiger partial charge is 0.373 e. The number of nitrogens with one attached hydrogen (secondary N) is 1. The molecular formula is C6H10N2S. The Morgan fingerprint density at radius 1 is 1.78 bits per heavy atom. The second kappa shape index (κ2) is 2.92. The van der Waals surface area contributed by atoms with Crippen molar-refractivity contribution in [1.82, 2.24) is 5.32 Å². The standard InChI is InChI=1S/C6H10N2S/c1-5-3-8-6(9-2)4-7-5/h3-4,6,8H,1-2H3. The molecule has 0 aliphatic carbocycles. The Kier molecular flexibility index (Phi) is 2.16. The van der Waals surface area contributed by atoms with Crippen LogP contribution in [0.1, 0.15) is 6.92 Å². The highest BCUT2D eigenvalue weighted by Crippen LogP contribution is 2.06. The molecule has 1 aliphatic rings. The fourth-order valence-corrected chi connectivity index (χ4v) is 0.984. The van der Waals surface area contributed by atoms with Gasteiger partial charge in [-0.3, -0.25) is 4.99 Å². The van der Waals surface area contributed by atoms with Crippen molar-refractivity contribution in [1.29, 1.82) is 0 Å². The number of nitrogens with zero attached hydrogens (tertiary/aromatic N) is 1. The van der Waals surface area contributed by atoms with Gasteiger partial charge in [-0.05, 0) is 13.2 Å². The lowest BCUT2D eigenvalue weighted by atomic mass is 10.5. The van der Waals surface area contributed by atoms with E-state index in [1.54, 1.807) is 11.8 Å². The molecule has 3 heteroatoms. The molecule has 0 fully saturated rings. The van der Waals surface area contributed by atoms with E-state index in [2.05, 4.69) is 16.6 Å². The molecule has 0 aromatic heterocycles. The highest BCUT2D eigenvalue weighted by Gasteiger charge is 2.02. The van der Waals surface area contributed by atoms with Crippen LogP contribution in [0, 0.1) is 0 Å². The third-order valence-electron chi connectivity index (χ3n) is 1.12. The molecular weight excluding hydrogens is 132 g/mol. The Balaban J connectivity index is 2.48. The highest BCUT2D eigenvalue weighted by molar-refractivity contribution is 7.99. The van der Waals surface area contributed by atoms with Gasteiger partial charge in [-0.25, -0.2) is 0 Å². The van der Waals surface area contributed by atoms with Crippen LogP contribution in [0.4, 0.5) is 0 Å². The predicted molar refractivity (Wildman–Crippen MR) is 42.7 cm³/mol. The number of hydrogen-bond acceptors (Lipinski definition) is 3. The molecule has 1 unspecified atom stereocenters. The van der Waals surface area contributed by atoms with E-state index in [1.165, 1.54) is 0 Å². The first kappa shape index (κ1) is 6.68. The van der Waals surface area contributed by atoms with Crippen molar-refractivity contribution in [3.8, 4) is 0 Å². The van der Waals surface area contributed by atoms with Crippen molar-refractivity contribution in [2.24, 2.45) is 4.99 Å². The average Bonchev–Trinajstić information content (AvgIpc) is 1.90. The van der Waals surface area contributed by atoms with Crippen molar-refractivity contribution >= 4 is 18.0 Å². The monoisotopic (exact) mass is 142 g/mol. The van der Waals surface area contributed by atoms with E-state index in [1.807, 2.05) is 19.3 Å². The molecule has 0 saturated heterocycles. The molecule has 1 atom stereocenters. The van der Waals surface area contributed by atoms with Crippen molar-refractivity contribution in [2.75, 3.05) is 6.26 Å². The van der Waals surface area contributed by atoms with Gasteiger partial charge in [0.15, 0.2) is 0 Å². The maximum Gasteiger partial charge on any atom is 0.108 e. The minimum atomic E-state index is 0.369. The summed E-state index contributed by atoms with van der Waals surface area (Å²) >= 11 is 1.74. The van der Waals surface area contributed by atoms with E-state index in [-0.39, 0.29) is 0 Å². The van der Waals surface area contributed by atoms with Crippen molar-refractivity contribution in [3.63, 3.8) is 0 Å². The van der Waals surface area contributed by atoms with Gasteiger partial charge >= 0.3 is 0 Å². The summed E-state index contributed by atoms with van der Waals surface area (Å²) in [4.78, 5) is 4.13. The van der Waals surface area contributed by atoms with Gasteiger partial charge in [0.2, 0.25) is 0 Å². The van der Waals surface area contributed by atoms with Crippen LogP contribution in [0.2, 0.25) is 0 Å². The van der Waals surface area contributed by atoms with Crippen LogP contribution in [0.25, 0.3) is 0 Å². The minimum absolute atomic E-state index is 0.369. The fourth-order valence-electron chi connectivity index (χ4n) is 0.597. The summed E-state index contributed by atoms with van der Waals surface area (Å²) in [6, 6.07) is 0. The van der Waals surface area contributed by atoms with Gasteiger partial charge < -0.3 is 5.32 Å². The third kappa shape index (κ3) is 1.75. The number of aliphatic imine (C=N–C) groups is 1. The van der Waals surface area contributed by atoms with Crippen LogP contribution in [-0.2, 0) is 0 Å². The van der Waals surface area contributed by atoms with Crippen LogP contribution < -0.4 is 5.32 Å². The Bertz CT molecular complexity index is 151. The van der Waals surface area contributed by atoms with Crippen LogP contribution in [0.5, 0.6) is 0 Å². The highest BCUT2D eigenvalue weighted by atomic mass is 32.2. The number of rotatable bonds is 1. The molecule has 0 spiro atoms. The summed E-state index contributed by atoms with van der Waals surface area (Å²) < 4.78 is 0. The molecule has 1 N–H and O–H groups in total.